The van der Waals surface area contributed by atoms with Crippen molar-refractivity contribution in [3.8, 4) is 0 Å². The number of hydrogen-bond donors (Lipinski definition) is 2. The van der Waals surface area contributed by atoms with Gasteiger partial charge in [0.1, 0.15) is 5.69 Å². The van der Waals surface area contributed by atoms with Gasteiger partial charge in [-0.25, -0.2) is 0 Å². The molecule has 20 heavy (non-hydrogen) atoms. The van der Waals surface area contributed by atoms with Crippen LogP contribution in [0, 0.1) is 10.1 Å². The molecule has 0 unspecified atom stereocenters. The van der Waals surface area contributed by atoms with E-state index in [1.54, 1.807) is 30.5 Å². The number of nitrogens with zero attached hydrogens (tertiary/aromatic N) is 2. The number of carbonyl (C=O) groups excluding carboxylic acids is 1. The minimum absolute atomic E-state index is 0.00493. The van der Waals surface area contributed by atoms with Gasteiger partial charge in [-0.1, -0.05) is 0 Å². The second-order valence-electron chi connectivity index (χ2n) is 4.29. The third-order valence-corrected chi connectivity index (χ3v) is 2.85. The molecule has 0 saturated carbocycles. The van der Waals surface area contributed by atoms with Crippen molar-refractivity contribution in [3.05, 3.63) is 40.6 Å². The van der Waals surface area contributed by atoms with Crippen molar-refractivity contribution in [2.24, 2.45) is 5.73 Å². The van der Waals surface area contributed by atoms with Crippen LogP contribution >= 0.6 is 0 Å². The van der Waals surface area contributed by atoms with Gasteiger partial charge in [-0.05, 0) is 30.7 Å². The average molecular weight is 274 g/mol. The van der Waals surface area contributed by atoms with Crippen molar-refractivity contribution in [1.82, 2.24) is 4.98 Å². The van der Waals surface area contributed by atoms with Crippen LogP contribution in [-0.4, -0.2) is 22.4 Å². The number of amides is 1. The number of primary amides is 1. The standard InChI is InChI=1S/C13H14N4O3/c14-12(18)4-2-8-16-11-6-5-10-9(3-1-7-15-10)13(11)17(19)20/h1,3,5-7,16H,2,4,8H2,(H2,14,18). The number of benzene rings is 1. The predicted octanol–water partition coefficient (Wildman–Crippen LogP) is 1.82. The molecule has 3 N–H and O–H groups in total. The lowest BCUT2D eigenvalue weighted by Gasteiger charge is -2.08. The molecular weight excluding hydrogens is 260 g/mol. The van der Waals surface area contributed by atoms with Crippen molar-refractivity contribution in [2.45, 2.75) is 12.8 Å². The van der Waals surface area contributed by atoms with Gasteiger partial charge in [-0.15, -0.1) is 0 Å². The summed E-state index contributed by atoms with van der Waals surface area (Å²) in [6, 6.07) is 6.66. The van der Waals surface area contributed by atoms with E-state index in [9.17, 15) is 14.9 Å². The maximum Gasteiger partial charge on any atom is 0.301 e. The largest absolute Gasteiger partial charge is 0.379 e. The minimum atomic E-state index is -0.430. The molecule has 1 amide bonds. The highest BCUT2D eigenvalue weighted by Gasteiger charge is 2.18. The summed E-state index contributed by atoms with van der Waals surface area (Å²) < 4.78 is 0. The van der Waals surface area contributed by atoms with Gasteiger partial charge >= 0.3 is 5.69 Å². The van der Waals surface area contributed by atoms with Gasteiger partial charge < -0.3 is 11.1 Å². The highest BCUT2D eigenvalue weighted by Crippen LogP contribution is 2.32. The summed E-state index contributed by atoms with van der Waals surface area (Å²) in [6.07, 6.45) is 2.36. The Morgan fingerprint density at radius 2 is 2.20 bits per heavy atom. The van der Waals surface area contributed by atoms with Gasteiger partial charge in [-0.2, -0.15) is 0 Å². The molecule has 2 aromatic rings. The summed E-state index contributed by atoms with van der Waals surface area (Å²) in [4.78, 5) is 25.5. The molecule has 0 spiro atoms. The average Bonchev–Trinajstić information content (AvgIpc) is 2.42. The van der Waals surface area contributed by atoms with Gasteiger partial charge in [-0.3, -0.25) is 19.9 Å². The van der Waals surface area contributed by atoms with Crippen LogP contribution in [-0.2, 0) is 4.79 Å². The van der Waals surface area contributed by atoms with Crippen molar-refractivity contribution in [3.63, 3.8) is 0 Å². The van der Waals surface area contributed by atoms with Crippen LogP contribution in [0.2, 0.25) is 0 Å². The number of fused-ring (bicyclic) bond motifs is 1. The molecule has 104 valence electrons. The number of hydrogen-bond acceptors (Lipinski definition) is 5. The normalized spacial score (nSPS) is 10.4. The van der Waals surface area contributed by atoms with Crippen LogP contribution < -0.4 is 11.1 Å². The van der Waals surface area contributed by atoms with Crippen LogP contribution in [0.4, 0.5) is 11.4 Å². The summed E-state index contributed by atoms with van der Waals surface area (Å²) >= 11 is 0. The maximum absolute atomic E-state index is 11.2. The van der Waals surface area contributed by atoms with Gasteiger partial charge in [0.15, 0.2) is 0 Å². The fraction of sp³-hybridized carbons (Fsp3) is 0.231. The molecule has 0 aliphatic heterocycles. The number of carbonyl (C=O) groups is 1. The third-order valence-electron chi connectivity index (χ3n) is 2.85. The Hall–Kier alpha value is -2.70. The highest BCUT2D eigenvalue weighted by molar-refractivity contribution is 5.94. The second kappa shape index (κ2) is 5.96. The molecular formula is C13H14N4O3. The van der Waals surface area contributed by atoms with E-state index in [4.69, 9.17) is 5.73 Å². The molecule has 0 bridgehead atoms. The third kappa shape index (κ3) is 3.00. The fourth-order valence-corrected chi connectivity index (χ4v) is 1.96. The van der Waals surface area contributed by atoms with Gasteiger partial charge in [0.2, 0.25) is 5.91 Å². The summed E-state index contributed by atoms with van der Waals surface area (Å²) in [5.74, 6) is -0.385. The van der Waals surface area contributed by atoms with E-state index in [-0.39, 0.29) is 18.0 Å². The van der Waals surface area contributed by atoms with Crippen molar-refractivity contribution in [2.75, 3.05) is 11.9 Å². The zero-order chi connectivity index (χ0) is 14.5. The molecule has 0 radical (unpaired) electrons. The summed E-state index contributed by atoms with van der Waals surface area (Å²) in [7, 11) is 0. The van der Waals surface area contributed by atoms with E-state index >= 15 is 0 Å². The highest BCUT2D eigenvalue weighted by atomic mass is 16.6. The van der Waals surface area contributed by atoms with Gasteiger partial charge in [0.25, 0.3) is 0 Å². The number of aromatic nitrogens is 1. The molecule has 7 nitrogen and oxygen atoms in total. The van der Waals surface area contributed by atoms with Gasteiger partial charge in [0.05, 0.1) is 15.8 Å². The first-order valence-electron chi connectivity index (χ1n) is 6.14. The molecule has 1 aromatic carbocycles. The summed E-state index contributed by atoms with van der Waals surface area (Å²) in [5, 5.41) is 14.7. The molecule has 2 rings (SSSR count). The summed E-state index contributed by atoms with van der Waals surface area (Å²) in [6.45, 7) is 0.440. The fourth-order valence-electron chi connectivity index (χ4n) is 1.96. The minimum Gasteiger partial charge on any atom is -0.379 e. The van der Waals surface area contributed by atoms with Crippen LogP contribution in [0.1, 0.15) is 12.8 Å². The molecule has 0 saturated heterocycles. The van der Waals surface area contributed by atoms with E-state index in [0.29, 0.717) is 29.6 Å². The van der Waals surface area contributed by atoms with Crippen LogP contribution in [0.15, 0.2) is 30.5 Å². The maximum atomic E-state index is 11.2. The Bertz CT molecular complexity index is 657. The monoisotopic (exact) mass is 274 g/mol. The van der Waals surface area contributed by atoms with E-state index in [1.807, 2.05) is 0 Å². The van der Waals surface area contributed by atoms with E-state index in [0.717, 1.165) is 0 Å². The first kappa shape index (κ1) is 13.7. The zero-order valence-corrected chi connectivity index (χ0v) is 10.7. The Balaban J connectivity index is 2.26. The SMILES string of the molecule is NC(=O)CCCNc1ccc2ncccc2c1[N+](=O)[O-]. The van der Waals surface area contributed by atoms with E-state index in [2.05, 4.69) is 10.3 Å². The number of nitrogens with one attached hydrogen (secondary N) is 1. The zero-order valence-electron chi connectivity index (χ0n) is 10.7. The molecule has 0 atom stereocenters. The van der Waals surface area contributed by atoms with Crippen molar-refractivity contribution >= 4 is 28.2 Å². The number of anilines is 1. The first-order valence-corrected chi connectivity index (χ1v) is 6.14. The number of nitro groups is 1. The van der Waals surface area contributed by atoms with Crippen LogP contribution in [0.3, 0.4) is 0 Å². The predicted molar refractivity (Wildman–Crippen MR) is 75.3 cm³/mol. The lowest BCUT2D eigenvalue weighted by molar-refractivity contribution is -0.382. The molecule has 0 aliphatic carbocycles. The van der Waals surface area contributed by atoms with Crippen molar-refractivity contribution < 1.29 is 9.72 Å². The molecule has 1 heterocycles. The lowest BCUT2D eigenvalue weighted by atomic mass is 10.1. The Labute approximate surface area is 114 Å². The molecule has 7 heteroatoms. The topological polar surface area (TPSA) is 111 Å². The van der Waals surface area contributed by atoms with Crippen LogP contribution in [0.5, 0.6) is 0 Å². The first-order chi connectivity index (χ1) is 9.59. The molecule has 1 aromatic heterocycles. The molecule has 0 aliphatic rings. The number of nitrogens with two attached hydrogens (primary N) is 1. The number of rotatable bonds is 6. The Morgan fingerprint density at radius 1 is 1.40 bits per heavy atom. The second-order valence-corrected chi connectivity index (χ2v) is 4.29. The Morgan fingerprint density at radius 3 is 2.90 bits per heavy atom. The summed E-state index contributed by atoms with van der Waals surface area (Å²) in [5.41, 5.74) is 6.02. The van der Waals surface area contributed by atoms with Crippen LogP contribution in [0.25, 0.3) is 10.9 Å². The van der Waals surface area contributed by atoms with E-state index in [1.165, 1.54) is 0 Å². The lowest BCUT2D eigenvalue weighted by Crippen LogP contribution is -2.13. The van der Waals surface area contributed by atoms with Crippen molar-refractivity contribution in [1.29, 1.82) is 0 Å². The number of pyridine rings is 1. The van der Waals surface area contributed by atoms with Gasteiger partial charge in [0, 0.05) is 19.2 Å². The molecule has 0 fully saturated rings. The van der Waals surface area contributed by atoms with E-state index < -0.39 is 4.92 Å². The quantitative estimate of drug-likeness (QED) is 0.474. The Kier molecular flexibility index (Phi) is 4.09. The smallest absolute Gasteiger partial charge is 0.301 e. The number of nitro benzene ring substituents is 1.